The molecular weight excluding hydrogens is 701 g/mol. The van der Waals surface area contributed by atoms with Crippen LogP contribution < -0.4 is 0 Å². The molecule has 3 heterocycles. The molecule has 0 atom stereocenters. The van der Waals surface area contributed by atoms with Gasteiger partial charge in [-0.15, -0.1) is 11.3 Å². The van der Waals surface area contributed by atoms with Crippen molar-refractivity contribution in [2.24, 2.45) is 0 Å². The van der Waals surface area contributed by atoms with Crippen LogP contribution in [0.15, 0.2) is 164 Å². The minimum atomic E-state index is 0.636. The van der Waals surface area contributed by atoms with Crippen LogP contribution >= 0.6 is 11.3 Å². The molecule has 0 aliphatic heterocycles. The zero-order valence-corrected chi connectivity index (χ0v) is 30.9. The molecule has 0 amide bonds. The second kappa shape index (κ2) is 12.2. The Hall–Kier alpha value is -7.08. The molecule has 4 nitrogen and oxygen atoms in total. The van der Waals surface area contributed by atoms with Crippen molar-refractivity contribution in [3.8, 4) is 67.7 Å². The van der Waals surface area contributed by atoms with Crippen molar-refractivity contribution in [3.63, 3.8) is 0 Å². The van der Waals surface area contributed by atoms with Crippen molar-refractivity contribution in [1.29, 1.82) is 0 Å². The second-order valence-corrected chi connectivity index (χ2v) is 15.6. The minimum Gasteiger partial charge on any atom is -0.256 e. The van der Waals surface area contributed by atoms with Crippen LogP contribution in [0.25, 0.3) is 110 Å². The summed E-state index contributed by atoms with van der Waals surface area (Å²) < 4.78 is 2.43. The molecule has 0 saturated heterocycles. The summed E-state index contributed by atoms with van der Waals surface area (Å²) in [5, 5.41) is 5.11. The number of allylic oxidation sites excluding steroid dienone is 1. The van der Waals surface area contributed by atoms with Gasteiger partial charge < -0.3 is 0 Å². The van der Waals surface area contributed by atoms with Gasteiger partial charge in [-0.1, -0.05) is 140 Å². The summed E-state index contributed by atoms with van der Waals surface area (Å²) in [5.41, 5.74) is 15.4. The Kier molecular flexibility index (Phi) is 6.83. The molecule has 2 aliphatic rings. The molecule has 0 unspecified atom stereocenters. The zero-order valence-electron chi connectivity index (χ0n) is 30.1. The Balaban J connectivity index is 1.11. The second-order valence-electron chi connectivity index (χ2n) is 14.5. The predicted octanol–water partition coefficient (Wildman–Crippen LogP) is 13.2. The summed E-state index contributed by atoms with van der Waals surface area (Å²) in [6, 6.07) is 56.1. The van der Waals surface area contributed by atoms with Gasteiger partial charge in [0.05, 0.1) is 5.69 Å². The van der Waals surface area contributed by atoms with Crippen LogP contribution in [-0.4, -0.2) is 19.9 Å². The van der Waals surface area contributed by atoms with E-state index in [0.29, 0.717) is 17.5 Å². The van der Waals surface area contributed by atoms with E-state index in [0.717, 1.165) is 34.4 Å². The maximum absolute atomic E-state index is 5.24. The molecule has 260 valence electrons. The van der Waals surface area contributed by atoms with Crippen molar-refractivity contribution >= 4 is 53.9 Å². The molecule has 0 radical (unpaired) electrons. The topological polar surface area (TPSA) is 51.6 Å². The number of thiophene rings is 1. The van der Waals surface area contributed by atoms with Crippen LogP contribution in [0.4, 0.5) is 0 Å². The molecule has 3 aromatic heterocycles. The van der Waals surface area contributed by atoms with E-state index in [1.807, 2.05) is 53.9 Å². The SMILES string of the molecule is C1=C2Cc3c(cccc3-c3cccc4sc5c(-c6nc(-c7ccccc7)nc(-c7ccc(-c8ccccn8)cc7)n6)ccc1c5c34)-c1c2ccc2ccccc12. The normalized spacial score (nSPS) is 12.7. The van der Waals surface area contributed by atoms with E-state index >= 15 is 0 Å². The smallest absolute Gasteiger partial charge is 0.165 e. The molecule has 0 N–H and O–H groups in total. The number of hydrogen-bond acceptors (Lipinski definition) is 5. The molecule has 7 aromatic carbocycles. The summed E-state index contributed by atoms with van der Waals surface area (Å²) in [7, 11) is 0. The van der Waals surface area contributed by atoms with Crippen molar-refractivity contribution in [1.82, 2.24) is 19.9 Å². The summed E-state index contributed by atoms with van der Waals surface area (Å²) in [6.45, 7) is 0. The van der Waals surface area contributed by atoms with E-state index in [2.05, 4.69) is 132 Å². The lowest BCUT2D eigenvalue weighted by Gasteiger charge is -2.26. The van der Waals surface area contributed by atoms with Crippen LogP contribution in [0.1, 0.15) is 16.7 Å². The Morgan fingerprint density at radius 2 is 1.18 bits per heavy atom. The van der Waals surface area contributed by atoms with Gasteiger partial charge in [0.15, 0.2) is 17.5 Å². The fourth-order valence-corrected chi connectivity index (χ4v) is 10.1. The third kappa shape index (κ3) is 4.78. The van der Waals surface area contributed by atoms with Crippen molar-refractivity contribution in [3.05, 3.63) is 181 Å². The fraction of sp³-hybridized carbons (Fsp3) is 0.0196. The van der Waals surface area contributed by atoms with Gasteiger partial charge in [0.2, 0.25) is 0 Å². The third-order valence-corrected chi connectivity index (χ3v) is 12.6. The quantitative estimate of drug-likeness (QED) is 0.181. The maximum Gasteiger partial charge on any atom is 0.165 e. The highest BCUT2D eigenvalue weighted by atomic mass is 32.1. The number of rotatable bonds is 4. The van der Waals surface area contributed by atoms with E-state index in [-0.39, 0.29) is 0 Å². The third-order valence-electron chi connectivity index (χ3n) is 11.4. The molecule has 0 saturated carbocycles. The Morgan fingerprint density at radius 1 is 0.464 bits per heavy atom. The first kappa shape index (κ1) is 31.3. The van der Waals surface area contributed by atoms with E-state index in [1.165, 1.54) is 75.5 Å². The first-order chi connectivity index (χ1) is 27.7. The highest BCUT2D eigenvalue weighted by Crippen LogP contribution is 2.52. The van der Waals surface area contributed by atoms with Gasteiger partial charge in [0.1, 0.15) is 0 Å². The largest absolute Gasteiger partial charge is 0.256 e. The van der Waals surface area contributed by atoms with Crippen LogP contribution in [0.5, 0.6) is 0 Å². The lowest BCUT2D eigenvalue weighted by Crippen LogP contribution is -2.05. The molecule has 0 fully saturated rings. The zero-order chi connectivity index (χ0) is 36.7. The van der Waals surface area contributed by atoms with E-state index in [1.54, 1.807) is 0 Å². The van der Waals surface area contributed by atoms with E-state index in [4.69, 9.17) is 15.0 Å². The average molecular weight is 731 g/mol. The first-order valence-corrected chi connectivity index (χ1v) is 19.7. The molecule has 10 aromatic rings. The van der Waals surface area contributed by atoms with Gasteiger partial charge in [-0.25, -0.2) is 15.0 Å². The van der Waals surface area contributed by atoms with Crippen molar-refractivity contribution < 1.29 is 0 Å². The van der Waals surface area contributed by atoms with Gasteiger partial charge in [-0.3, -0.25) is 4.98 Å². The van der Waals surface area contributed by atoms with E-state index in [9.17, 15) is 0 Å². The fourth-order valence-electron chi connectivity index (χ4n) is 8.83. The van der Waals surface area contributed by atoms with Gasteiger partial charge >= 0.3 is 0 Å². The van der Waals surface area contributed by atoms with Crippen LogP contribution in [0.2, 0.25) is 0 Å². The van der Waals surface area contributed by atoms with Gasteiger partial charge in [0.25, 0.3) is 0 Å². The highest BCUT2D eigenvalue weighted by Gasteiger charge is 2.28. The van der Waals surface area contributed by atoms with Crippen LogP contribution in [0.3, 0.4) is 0 Å². The summed E-state index contributed by atoms with van der Waals surface area (Å²) in [5.74, 6) is 1.95. The number of pyridine rings is 1. The number of nitrogens with zero attached hydrogens (tertiary/aromatic N) is 4. The standard InChI is InChI=1S/C51H30N4S/c1-2-11-32(12-3-1)49-53-50(33-21-19-31(20-22-33)43-17-6-7-27-52-43)55-51(54-49)41-26-24-34-28-35-29-42-38(39-16-9-18-44-47(39)45(34)48(41)56-44)14-8-15-40(42)46-36-13-5-4-10-30(36)23-25-37(35)46/h1-28H,29H2. The van der Waals surface area contributed by atoms with Crippen molar-refractivity contribution in [2.45, 2.75) is 6.42 Å². The molecule has 56 heavy (non-hydrogen) atoms. The Labute approximate surface area is 327 Å². The maximum atomic E-state index is 5.24. The minimum absolute atomic E-state index is 0.636. The Morgan fingerprint density at radius 3 is 2.04 bits per heavy atom. The monoisotopic (exact) mass is 730 g/mol. The number of benzene rings is 7. The number of fused-ring (bicyclic) bond motifs is 7. The number of aromatic nitrogens is 4. The van der Waals surface area contributed by atoms with Gasteiger partial charge in [-0.05, 0) is 86.0 Å². The van der Waals surface area contributed by atoms with Gasteiger partial charge in [-0.2, -0.15) is 0 Å². The van der Waals surface area contributed by atoms with Crippen LogP contribution in [-0.2, 0) is 6.42 Å². The van der Waals surface area contributed by atoms with E-state index < -0.39 is 0 Å². The highest BCUT2D eigenvalue weighted by molar-refractivity contribution is 7.26. The molecule has 2 bridgehead atoms. The summed E-state index contributed by atoms with van der Waals surface area (Å²) in [6.07, 6.45) is 5.15. The average Bonchev–Trinajstić information content (AvgIpc) is 3.69. The van der Waals surface area contributed by atoms with Crippen molar-refractivity contribution in [2.75, 3.05) is 0 Å². The molecule has 5 heteroatoms. The van der Waals surface area contributed by atoms with Gasteiger partial charge in [0, 0.05) is 48.6 Å². The number of hydrogen-bond donors (Lipinski definition) is 0. The molecule has 0 spiro atoms. The summed E-state index contributed by atoms with van der Waals surface area (Å²) in [4.78, 5) is 20.1. The lowest BCUT2D eigenvalue weighted by atomic mass is 9.77. The first-order valence-electron chi connectivity index (χ1n) is 18.9. The lowest BCUT2D eigenvalue weighted by molar-refractivity contribution is 1.08. The molecule has 12 rings (SSSR count). The van der Waals surface area contributed by atoms with Crippen LogP contribution in [0, 0.1) is 0 Å². The summed E-state index contributed by atoms with van der Waals surface area (Å²) >= 11 is 1.83. The Bertz CT molecular complexity index is 3260. The molecular formula is C51H30N4S. The molecule has 2 aliphatic carbocycles. The predicted molar refractivity (Wildman–Crippen MR) is 232 cm³/mol.